The number of benzene rings is 1. The molecule has 0 radical (unpaired) electrons. The maximum Gasteiger partial charge on any atom is 0.168 e. The number of hydrogen-bond donors (Lipinski definition) is 0. The number of hydrogen-bond acceptors (Lipinski definition) is 1. The van der Waals surface area contributed by atoms with E-state index < -0.39 is 12.1 Å². The number of carbonyl (C=O) groups is 1. The summed E-state index contributed by atoms with van der Waals surface area (Å²) in [6, 6.07) is 6.74. The molecule has 0 amide bonds. The van der Waals surface area contributed by atoms with Crippen LogP contribution in [-0.2, 0) is 6.67 Å². The average Bonchev–Trinajstić information content (AvgIpc) is 2.15. The Kier molecular flexibility index (Phi) is 3.04. The Bertz CT molecular complexity index is 336. The maximum atomic E-state index is 12.4. The van der Waals surface area contributed by atoms with Gasteiger partial charge in [-0.15, -0.1) is 0 Å². The number of rotatable bonds is 2. The lowest BCUT2D eigenvalue weighted by Gasteiger charge is -2.16. The number of alkyl halides is 1. The number of halogens is 1. The maximum absolute atomic E-state index is 12.4. The van der Waals surface area contributed by atoms with Gasteiger partial charge in [0.05, 0.1) is 0 Å². The van der Waals surface area contributed by atoms with E-state index in [-0.39, 0.29) is 5.78 Å². The highest BCUT2D eigenvalue weighted by Crippen LogP contribution is 2.21. The molecule has 0 spiro atoms. The molecule has 0 saturated carbocycles. The Morgan fingerprint density at radius 1 is 1.36 bits per heavy atom. The minimum absolute atomic E-state index is 0.0489. The van der Waals surface area contributed by atoms with Crippen molar-refractivity contribution < 1.29 is 9.18 Å². The van der Waals surface area contributed by atoms with Crippen LogP contribution in [0.5, 0.6) is 0 Å². The first-order valence-electron chi connectivity index (χ1n) is 4.65. The van der Waals surface area contributed by atoms with Gasteiger partial charge in [0.15, 0.2) is 5.78 Å². The summed E-state index contributed by atoms with van der Waals surface area (Å²) in [5.41, 5.74) is 0.738. The molecule has 0 atom stereocenters. The van der Waals surface area contributed by atoms with Gasteiger partial charge in [-0.3, -0.25) is 4.79 Å². The van der Waals surface area contributed by atoms with Crippen molar-refractivity contribution in [3.8, 4) is 0 Å². The molecule has 1 aromatic carbocycles. The Hall–Kier alpha value is -1.18. The monoisotopic (exact) mass is 194 g/mol. The fourth-order valence-corrected chi connectivity index (χ4v) is 1.23. The second kappa shape index (κ2) is 3.91. The molecule has 0 unspecified atom stereocenters. The molecule has 0 heterocycles. The van der Waals surface area contributed by atoms with Crippen molar-refractivity contribution in [3.63, 3.8) is 0 Å². The van der Waals surface area contributed by atoms with E-state index in [0.717, 1.165) is 0 Å². The zero-order valence-corrected chi connectivity index (χ0v) is 8.80. The lowest BCUT2D eigenvalue weighted by molar-refractivity contribution is 0.0858. The number of ketones is 1. The van der Waals surface area contributed by atoms with Gasteiger partial charge in [-0.2, -0.15) is 0 Å². The Morgan fingerprint density at radius 3 is 2.50 bits per heavy atom. The van der Waals surface area contributed by atoms with Crippen molar-refractivity contribution in [2.75, 3.05) is 0 Å². The fourth-order valence-electron chi connectivity index (χ4n) is 1.23. The highest BCUT2D eigenvalue weighted by Gasteiger charge is 2.22. The first kappa shape index (κ1) is 10.9. The smallest absolute Gasteiger partial charge is 0.168 e. The molecular weight excluding hydrogens is 179 g/mol. The highest BCUT2D eigenvalue weighted by molar-refractivity contribution is 5.99. The first-order valence-corrected chi connectivity index (χ1v) is 4.65. The van der Waals surface area contributed by atoms with E-state index in [1.165, 1.54) is 0 Å². The van der Waals surface area contributed by atoms with Gasteiger partial charge in [-0.25, -0.2) is 4.39 Å². The van der Waals surface area contributed by atoms with E-state index in [1.807, 2.05) is 20.8 Å². The fraction of sp³-hybridized carbons (Fsp3) is 0.417. The van der Waals surface area contributed by atoms with E-state index in [4.69, 9.17) is 0 Å². The molecule has 76 valence electrons. The minimum atomic E-state index is -0.523. The quantitative estimate of drug-likeness (QED) is 0.659. The highest BCUT2D eigenvalue weighted by atomic mass is 19.1. The lowest BCUT2D eigenvalue weighted by Crippen LogP contribution is -2.20. The van der Waals surface area contributed by atoms with Crippen molar-refractivity contribution in [1.29, 1.82) is 0 Å². The molecule has 1 nitrogen and oxygen atoms in total. The van der Waals surface area contributed by atoms with Crippen LogP contribution in [0.4, 0.5) is 4.39 Å². The van der Waals surface area contributed by atoms with Crippen LogP contribution >= 0.6 is 0 Å². The molecule has 1 rings (SSSR count). The van der Waals surface area contributed by atoms with Crippen LogP contribution in [0.1, 0.15) is 36.7 Å². The molecule has 0 aliphatic carbocycles. The van der Waals surface area contributed by atoms with Crippen LogP contribution in [-0.4, -0.2) is 5.78 Å². The van der Waals surface area contributed by atoms with Crippen molar-refractivity contribution in [2.24, 2.45) is 5.41 Å². The molecule has 0 fully saturated rings. The number of Topliss-reactive ketones (excluding diaryl/α,β-unsaturated/α-hetero) is 1. The van der Waals surface area contributed by atoms with Gasteiger partial charge in [0.25, 0.3) is 0 Å². The summed E-state index contributed by atoms with van der Waals surface area (Å²) in [5.74, 6) is 0.0489. The van der Waals surface area contributed by atoms with Crippen molar-refractivity contribution in [3.05, 3.63) is 35.4 Å². The molecule has 0 saturated heterocycles. The second-order valence-electron chi connectivity index (χ2n) is 4.41. The summed E-state index contributed by atoms with van der Waals surface area (Å²) in [6.07, 6.45) is 0. The van der Waals surface area contributed by atoms with Crippen LogP contribution in [0.3, 0.4) is 0 Å². The first-order chi connectivity index (χ1) is 6.45. The molecular formula is C12H15FO. The third-order valence-corrected chi connectivity index (χ3v) is 2.02. The zero-order chi connectivity index (χ0) is 10.8. The molecule has 0 aromatic heterocycles. The number of carbonyl (C=O) groups excluding carboxylic acids is 1. The summed E-state index contributed by atoms with van der Waals surface area (Å²) < 4.78 is 12.4. The third-order valence-electron chi connectivity index (χ3n) is 2.02. The van der Waals surface area contributed by atoms with Gasteiger partial charge in [0, 0.05) is 11.0 Å². The van der Waals surface area contributed by atoms with Crippen LogP contribution < -0.4 is 0 Å². The van der Waals surface area contributed by atoms with Crippen molar-refractivity contribution in [1.82, 2.24) is 0 Å². The largest absolute Gasteiger partial charge is 0.294 e. The van der Waals surface area contributed by atoms with E-state index in [2.05, 4.69) is 0 Å². The van der Waals surface area contributed by atoms with Crippen molar-refractivity contribution in [2.45, 2.75) is 27.4 Å². The third kappa shape index (κ3) is 2.41. The lowest BCUT2D eigenvalue weighted by atomic mass is 9.86. The van der Waals surface area contributed by atoms with Crippen LogP contribution in [0, 0.1) is 5.41 Å². The Morgan fingerprint density at radius 2 is 2.00 bits per heavy atom. The van der Waals surface area contributed by atoms with Crippen molar-refractivity contribution >= 4 is 5.78 Å². The summed E-state index contributed by atoms with van der Waals surface area (Å²) in [4.78, 5) is 11.8. The molecule has 0 aliphatic rings. The molecule has 0 bridgehead atoms. The molecule has 1 aromatic rings. The molecule has 0 N–H and O–H groups in total. The van der Waals surface area contributed by atoms with Gasteiger partial charge >= 0.3 is 0 Å². The summed E-state index contributed by atoms with van der Waals surface area (Å²) in [7, 11) is 0. The van der Waals surface area contributed by atoms with Crippen LogP contribution in [0.15, 0.2) is 24.3 Å². The topological polar surface area (TPSA) is 17.1 Å². The summed E-state index contributed by atoms with van der Waals surface area (Å²) in [6.45, 7) is 5.05. The van der Waals surface area contributed by atoms with E-state index in [1.54, 1.807) is 24.3 Å². The summed E-state index contributed by atoms with van der Waals surface area (Å²) in [5, 5.41) is 0. The van der Waals surface area contributed by atoms with E-state index >= 15 is 0 Å². The van der Waals surface area contributed by atoms with E-state index in [9.17, 15) is 9.18 Å². The van der Waals surface area contributed by atoms with Gasteiger partial charge < -0.3 is 0 Å². The minimum Gasteiger partial charge on any atom is -0.294 e. The van der Waals surface area contributed by atoms with Crippen LogP contribution in [0.2, 0.25) is 0 Å². The molecule has 14 heavy (non-hydrogen) atoms. The molecule has 2 heteroatoms. The predicted octanol–water partition coefficient (Wildman–Crippen LogP) is 3.38. The Labute approximate surface area is 83.9 Å². The second-order valence-corrected chi connectivity index (χ2v) is 4.41. The molecule has 0 aliphatic heterocycles. The average molecular weight is 194 g/mol. The zero-order valence-electron chi connectivity index (χ0n) is 8.80. The standard InChI is InChI=1S/C12H15FO/c1-12(2,3)11(14)10-6-4-5-9(7-10)8-13/h4-7H,8H2,1-3H3. The van der Waals surface area contributed by atoms with Gasteiger partial charge in [0.1, 0.15) is 6.67 Å². The SMILES string of the molecule is CC(C)(C)C(=O)c1cccc(CF)c1. The predicted molar refractivity (Wildman–Crippen MR) is 55.0 cm³/mol. The van der Waals surface area contributed by atoms with Crippen LogP contribution in [0.25, 0.3) is 0 Å². The van der Waals surface area contributed by atoms with Gasteiger partial charge in [0.2, 0.25) is 0 Å². The van der Waals surface area contributed by atoms with E-state index in [0.29, 0.717) is 11.1 Å². The normalized spacial score (nSPS) is 11.4. The van der Waals surface area contributed by atoms with Gasteiger partial charge in [-0.1, -0.05) is 39.0 Å². The van der Waals surface area contributed by atoms with Gasteiger partial charge in [-0.05, 0) is 11.6 Å². The summed E-state index contributed by atoms with van der Waals surface area (Å²) >= 11 is 0. The Balaban J connectivity index is 3.02.